The molecule has 0 aromatic heterocycles. The van der Waals surface area contributed by atoms with Crippen LogP contribution in [-0.4, -0.2) is 42.0 Å². The zero-order valence-corrected chi connectivity index (χ0v) is 15.5. The van der Waals surface area contributed by atoms with Crippen molar-refractivity contribution in [3.8, 4) is 0 Å². The Hall–Kier alpha value is -1.39. The molecule has 1 atom stereocenters. The molecule has 0 bridgehead atoms. The van der Waals surface area contributed by atoms with E-state index in [1.807, 2.05) is 0 Å². The molecule has 1 aromatic rings. The molecular formula is C21H33N3O. The van der Waals surface area contributed by atoms with E-state index in [-0.39, 0.29) is 5.91 Å². The zero-order valence-electron chi connectivity index (χ0n) is 15.5. The smallest absolute Gasteiger partial charge is 0.217 e. The number of nitrogens with zero attached hydrogens (tertiary/aromatic N) is 1. The van der Waals surface area contributed by atoms with Crippen LogP contribution in [0.5, 0.6) is 0 Å². The van der Waals surface area contributed by atoms with Crippen LogP contribution in [0.2, 0.25) is 0 Å². The van der Waals surface area contributed by atoms with Gasteiger partial charge in [-0.3, -0.25) is 9.69 Å². The van der Waals surface area contributed by atoms with Gasteiger partial charge in [-0.15, -0.1) is 0 Å². The average molecular weight is 344 g/mol. The van der Waals surface area contributed by atoms with Gasteiger partial charge >= 0.3 is 0 Å². The molecule has 25 heavy (non-hydrogen) atoms. The van der Waals surface area contributed by atoms with E-state index in [1.165, 1.54) is 44.2 Å². The van der Waals surface area contributed by atoms with Crippen LogP contribution >= 0.6 is 0 Å². The van der Waals surface area contributed by atoms with E-state index in [1.54, 1.807) is 6.92 Å². The second kappa shape index (κ2) is 9.35. The average Bonchev–Trinajstić information content (AvgIpc) is 2.63. The molecule has 1 aromatic carbocycles. The lowest BCUT2D eigenvalue weighted by atomic mass is 9.90. The molecule has 1 aliphatic heterocycles. The lowest BCUT2D eigenvalue weighted by Crippen LogP contribution is -2.48. The number of nitrogens with one attached hydrogen (secondary N) is 2. The topological polar surface area (TPSA) is 44.4 Å². The minimum Gasteiger partial charge on any atom is -0.354 e. The highest BCUT2D eigenvalue weighted by Crippen LogP contribution is 2.22. The Morgan fingerprint density at radius 1 is 1.04 bits per heavy atom. The van der Waals surface area contributed by atoms with Crippen molar-refractivity contribution in [2.45, 2.75) is 76.5 Å². The van der Waals surface area contributed by atoms with E-state index >= 15 is 0 Å². The highest BCUT2D eigenvalue weighted by molar-refractivity contribution is 5.73. The van der Waals surface area contributed by atoms with Crippen LogP contribution in [0.3, 0.4) is 0 Å². The number of carbonyl (C=O) groups excluding carboxylic acids is 1. The summed E-state index contributed by atoms with van der Waals surface area (Å²) in [5, 5.41) is 6.89. The SMILES string of the molecule is CC(=O)NC1CCC(NCC2CCCCN2Cc2ccccc2)CC1. The first-order valence-corrected chi connectivity index (χ1v) is 9.99. The van der Waals surface area contributed by atoms with E-state index in [0.29, 0.717) is 18.1 Å². The van der Waals surface area contributed by atoms with Gasteiger partial charge in [0.15, 0.2) is 0 Å². The predicted octanol–water partition coefficient (Wildman–Crippen LogP) is 3.08. The molecule has 1 aliphatic carbocycles. The number of rotatable bonds is 6. The highest BCUT2D eigenvalue weighted by atomic mass is 16.1. The van der Waals surface area contributed by atoms with Gasteiger partial charge in [-0.05, 0) is 50.6 Å². The van der Waals surface area contributed by atoms with E-state index in [2.05, 4.69) is 45.9 Å². The summed E-state index contributed by atoms with van der Waals surface area (Å²) < 4.78 is 0. The van der Waals surface area contributed by atoms with Gasteiger partial charge in [-0.25, -0.2) is 0 Å². The third-order valence-electron chi connectivity index (χ3n) is 5.75. The van der Waals surface area contributed by atoms with Crippen molar-refractivity contribution in [1.29, 1.82) is 0 Å². The molecular weight excluding hydrogens is 310 g/mol. The highest BCUT2D eigenvalue weighted by Gasteiger charge is 2.25. The van der Waals surface area contributed by atoms with Crippen LogP contribution in [0.25, 0.3) is 0 Å². The molecule has 0 radical (unpaired) electrons. The molecule has 3 rings (SSSR count). The summed E-state index contributed by atoms with van der Waals surface area (Å²) in [7, 11) is 0. The Morgan fingerprint density at radius 2 is 1.76 bits per heavy atom. The molecule has 1 saturated heterocycles. The summed E-state index contributed by atoms with van der Waals surface area (Å²) >= 11 is 0. The Morgan fingerprint density at radius 3 is 2.48 bits per heavy atom. The third kappa shape index (κ3) is 5.82. The molecule has 1 saturated carbocycles. The first kappa shape index (κ1) is 18.4. The van der Waals surface area contributed by atoms with Gasteiger partial charge in [0.1, 0.15) is 0 Å². The second-order valence-corrected chi connectivity index (χ2v) is 7.76. The fourth-order valence-corrected chi connectivity index (χ4v) is 4.35. The maximum Gasteiger partial charge on any atom is 0.217 e. The molecule has 2 N–H and O–H groups in total. The normalized spacial score (nSPS) is 27.8. The number of piperidine rings is 1. The van der Waals surface area contributed by atoms with Crippen LogP contribution in [0.4, 0.5) is 0 Å². The van der Waals surface area contributed by atoms with Crippen molar-refractivity contribution in [3.05, 3.63) is 35.9 Å². The number of hydrogen-bond acceptors (Lipinski definition) is 3. The van der Waals surface area contributed by atoms with Crippen molar-refractivity contribution in [2.75, 3.05) is 13.1 Å². The predicted molar refractivity (Wildman–Crippen MR) is 102 cm³/mol. The second-order valence-electron chi connectivity index (χ2n) is 7.76. The summed E-state index contributed by atoms with van der Waals surface area (Å²) in [4.78, 5) is 13.8. The van der Waals surface area contributed by atoms with E-state index in [4.69, 9.17) is 0 Å². The Balaban J connectivity index is 1.44. The van der Waals surface area contributed by atoms with Crippen LogP contribution in [-0.2, 0) is 11.3 Å². The minimum atomic E-state index is 0.107. The number of amides is 1. The van der Waals surface area contributed by atoms with Crippen molar-refractivity contribution in [2.24, 2.45) is 0 Å². The summed E-state index contributed by atoms with van der Waals surface area (Å²) in [6, 6.07) is 12.5. The Bertz CT molecular complexity index is 525. The number of carbonyl (C=O) groups is 1. The van der Waals surface area contributed by atoms with Gasteiger partial charge in [-0.2, -0.15) is 0 Å². The van der Waals surface area contributed by atoms with Crippen LogP contribution in [0.15, 0.2) is 30.3 Å². The molecule has 138 valence electrons. The minimum absolute atomic E-state index is 0.107. The lowest BCUT2D eigenvalue weighted by Gasteiger charge is -2.38. The van der Waals surface area contributed by atoms with Crippen molar-refractivity contribution in [3.63, 3.8) is 0 Å². The molecule has 1 unspecified atom stereocenters. The van der Waals surface area contributed by atoms with Gasteiger partial charge in [0.25, 0.3) is 0 Å². The van der Waals surface area contributed by atoms with E-state index in [9.17, 15) is 4.79 Å². The molecule has 4 nitrogen and oxygen atoms in total. The third-order valence-corrected chi connectivity index (χ3v) is 5.75. The lowest BCUT2D eigenvalue weighted by molar-refractivity contribution is -0.119. The maximum absolute atomic E-state index is 11.2. The standard InChI is InChI=1S/C21H33N3O/c1-17(25)23-20-12-10-19(11-13-20)22-15-21-9-5-6-14-24(21)16-18-7-3-2-4-8-18/h2-4,7-8,19-22H,5-6,9-16H2,1H3,(H,23,25). The molecule has 2 fully saturated rings. The fraction of sp³-hybridized carbons (Fsp3) is 0.667. The number of hydrogen-bond donors (Lipinski definition) is 2. The quantitative estimate of drug-likeness (QED) is 0.834. The number of likely N-dealkylation sites (tertiary alicyclic amines) is 1. The van der Waals surface area contributed by atoms with Gasteiger partial charge in [-0.1, -0.05) is 36.8 Å². The summed E-state index contributed by atoms with van der Waals surface area (Å²) in [6.07, 6.45) is 8.55. The first-order chi connectivity index (χ1) is 12.2. The van der Waals surface area contributed by atoms with Crippen molar-refractivity contribution in [1.82, 2.24) is 15.5 Å². The molecule has 4 heteroatoms. The zero-order chi connectivity index (χ0) is 17.5. The van der Waals surface area contributed by atoms with Crippen LogP contribution in [0, 0.1) is 0 Å². The summed E-state index contributed by atoms with van der Waals surface area (Å²) in [5.74, 6) is 0.107. The largest absolute Gasteiger partial charge is 0.354 e. The monoisotopic (exact) mass is 343 g/mol. The molecule has 1 heterocycles. The molecule has 1 amide bonds. The van der Waals surface area contributed by atoms with Crippen LogP contribution < -0.4 is 10.6 Å². The van der Waals surface area contributed by atoms with Gasteiger partial charge in [0, 0.05) is 38.1 Å². The Labute approximate surface area is 152 Å². The summed E-state index contributed by atoms with van der Waals surface area (Å²) in [6.45, 7) is 5.01. The van der Waals surface area contributed by atoms with Crippen LogP contribution in [0.1, 0.15) is 57.4 Å². The first-order valence-electron chi connectivity index (χ1n) is 9.99. The van der Waals surface area contributed by atoms with Crippen molar-refractivity contribution < 1.29 is 4.79 Å². The Kier molecular flexibility index (Phi) is 6.88. The molecule has 2 aliphatic rings. The van der Waals surface area contributed by atoms with Gasteiger partial charge in [0.05, 0.1) is 0 Å². The van der Waals surface area contributed by atoms with E-state index in [0.717, 1.165) is 25.9 Å². The fourth-order valence-electron chi connectivity index (χ4n) is 4.35. The summed E-state index contributed by atoms with van der Waals surface area (Å²) in [5.41, 5.74) is 1.42. The van der Waals surface area contributed by atoms with Crippen molar-refractivity contribution >= 4 is 5.91 Å². The molecule has 0 spiro atoms. The van der Waals surface area contributed by atoms with Gasteiger partial charge < -0.3 is 10.6 Å². The van der Waals surface area contributed by atoms with E-state index < -0.39 is 0 Å². The number of benzene rings is 1. The maximum atomic E-state index is 11.2. The van der Waals surface area contributed by atoms with Gasteiger partial charge in [0.2, 0.25) is 5.91 Å².